The van der Waals surface area contributed by atoms with Crippen molar-refractivity contribution in [2.24, 2.45) is 0 Å². The van der Waals surface area contributed by atoms with E-state index in [0.29, 0.717) is 12.1 Å². The van der Waals surface area contributed by atoms with E-state index in [2.05, 4.69) is 16.0 Å². The number of hydrazine groups is 1. The summed E-state index contributed by atoms with van der Waals surface area (Å²) in [6, 6.07) is 21.0. The van der Waals surface area contributed by atoms with Crippen molar-refractivity contribution >= 4 is 40.1 Å². The van der Waals surface area contributed by atoms with Crippen LogP contribution in [0.4, 0.5) is 28.4 Å². The number of benzene rings is 4. The maximum absolute atomic E-state index is 14.1. The van der Waals surface area contributed by atoms with Crippen LogP contribution < -0.4 is 10.9 Å². The molecule has 47 heavy (non-hydrogen) atoms. The molecule has 4 aromatic carbocycles. The summed E-state index contributed by atoms with van der Waals surface area (Å²) in [5, 5.41) is 50.5. The fraction of sp³-hybridized carbons (Fsp3) is 0. The number of anilines is 1. The first-order valence-corrected chi connectivity index (χ1v) is 13.2. The second kappa shape index (κ2) is 12.7. The van der Waals surface area contributed by atoms with Gasteiger partial charge in [0.15, 0.2) is 11.5 Å². The molecule has 5 rings (SSSR count). The number of amides is 1. The van der Waals surface area contributed by atoms with Crippen molar-refractivity contribution in [2.45, 2.75) is 0 Å². The predicted molar refractivity (Wildman–Crippen MR) is 163 cm³/mol. The highest BCUT2D eigenvalue weighted by Crippen LogP contribution is 2.36. The van der Waals surface area contributed by atoms with E-state index in [4.69, 9.17) is 0 Å². The summed E-state index contributed by atoms with van der Waals surface area (Å²) in [5.41, 5.74) is 0.553. The van der Waals surface area contributed by atoms with Gasteiger partial charge < -0.3 is 0 Å². The van der Waals surface area contributed by atoms with E-state index >= 15 is 0 Å². The van der Waals surface area contributed by atoms with Crippen LogP contribution in [0.15, 0.2) is 97.1 Å². The zero-order valence-electron chi connectivity index (χ0n) is 23.5. The molecule has 2 N–H and O–H groups in total. The standard InChI is InChI=1S/C29H18N8O10/c38-28(18-9-5-2-6-10-18)25-26(29(39)31-30-21-13-11-19(34(40)41)15-23(21)36(44)45)32-33(27(25)17-7-3-1-4-8-17)22-14-12-20(35(42)43)16-24(22)37(46)47/h1-16,30H,(H,31,39). The van der Waals surface area contributed by atoms with Crippen LogP contribution in [-0.2, 0) is 0 Å². The lowest BCUT2D eigenvalue weighted by Crippen LogP contribution is -2.31. The summed E-state index contributed by atoms with van der Waals surface area (Å²) in [4.78, 5) is 70.5. The van der Waals surface area contributed by atoms with Gasteiger partial charge in [-0.2, -0.15) is 5.10 Å². The summed E-state index contributed by atoms with van der Waals surface area (Å²) >= 11 is 0. The molecule has 0 aliphatic rings. The van der Waals surface area contributed by atoms with Crippen LogP contribution in [0, 0.1) is 40.5 Å². The van der Waals surface area contributed by atoms with Crippen molar-refractivity contribution in [3.8, 4) is 16.9 Å². The van der Waals surface area contributed by atoms with Crippen molar-refractivity contribution in [1.82, 2.24) is 15.2 Å². The van der Waals surface area contributed by atoms with Gasteiger partial charge in [0.1, 0.15) is 11.4 Å². The van der Waals surface area contributed by atoms with Gasteiger partial charge in [0.25, 0.3) is 17.3 Å². The van der Waals surface area contributed by atoms with Gasteiger partial charge in [-0.25, -0.2) is 4.68 Å². The molecule has 0 radical (unpaired) electrons. The molecule has 0 aliphatic carbocycles. The first kappa shape index (κ1) is 31.1. The van der Waals surface area contributed by atoms with E-state index in [-0.39, 0.29) is 33.8 Å². The normalized spacial score (nSPS) is 10.6. The number of nitro benzene ring substituents is 4. The highest BCUT2D eigenvalue weighted by atomic mass is 16.6. The summed E-state index contributed by atoms with van der Waals surface area (Å²) in [6.07, 6.45) is 0. The quantitative estimate of drug-likeness (QED) is 0.108. The number of carbonyl (C=O) groups excluding carboxylic acids is 2. The first-order valence-electron chi connectivity index (χ1n) is 13.2. The van der Waals surface area contributed by atoms with Crippen LogP contribution >= 0.6 is 0 Å². The van der Waals surface area contributed by atoms with Crippen LogP contribution in [0.5, 0.6) is 0 Å². The Morgan fingerprint density at radius 3 is 1.79 bits per heavy atom. The summed E-state index contributed by atoms with van der Waals surface area (Å²) in [6.45, 7) is 0. The summed E-state index contributed by atoms with van der Waals surface area (Å²) in [7, 11) is 0. The average Bonchev–Trinajstić information content (AvgIpc) is 3.47. The molecule has 18 heteroatoms. The first-order chi connectivity index (χ1) is 22.5. The second-order valence-electron chi connectivity index (χ2n) is 9.53. The fourth-order valence-electron chi connectivity index (χ4n) is 4.59. The highest BCUT2D eigenvalue weighted by molar-refractivity contribution is 6.18. The zero-order chi connectivity index (χ0) is 33.8. The number of nitrogens with zero attached hydrogens (tertiary/aromatic N) is 6. The van der Waals surface area contributed by atoms with Gasteiger partial charge in [-0.1, -0.05) is 60.7 Å². The molecule has 0 atom stereocenters. The van der Waals surface area contributed by atoms with E-state index < -0.39 is 59.8 Å². The Morgan fingerprint density at radius 2 is 1.21 bits per heavy atom. The molecule has 18 nitrogen and oxygen atoms in total. The van der Waals surface area contributed by atoms with Gasteiger partial charge >= 0.3 is 11.4 Å². The lowest BCUT2D eigenvalue weighted by molar-refractivity contribution is -0.394. The minimum Gasteiger partial charge on any atom is -0.292 e. The molecule has 0 saturated carbocycles. The Balaban J connectivity index is 1.72. The number of aromatic nitrogens is 2. The summed E-state index contributed by atoms with van der Waals surface area (Å²) in [5.74, 6) is -1.86. The van der Waals surface area contributed by atoms with Gasteiger partial charge in [0.2, 0.25) is 0 Å². The molecule has 1 amide bonds. The molecule has 234 valence electrons. The number of non-ortho nitro benzene ring substituents is 2. The molecule has 0 spiro atoms. The van der Waals surface area contributed by atoms with Crippen LogP contribution in [0.1, 0.15) is 26.4 Å². The molecule has 0 bridgehead atoms. The molecule has 0 aliphatic heterocycles. The number of carbonyl (C=O) groups is 2. The number of hydrogen-bond acceptors (Lipinski definition) is 12. The molecular weight excluding hydrogens is 620 g/mol. The van der Waals surface area contributed by atoms with Crippen LogP contribution in [0.2, 0.25) is 0 Å². The third-order valence-electron chi connectivity index (χ3n) is 6.70. The van der Waals surface area contributed by atoms with Crippen molar-refractivity contribution in [3.05, 3.63) is 154 Å². The Kier molecular flexibility index (Phi) is 8.39. The van der Waals surface area contributed by atoms with E-state index in [1.807, 2.05) is 0 Å². The van der Waals surface area contributed by atoms with Crippen LogP contribution in [0.3, 0.4) is 0 Å². The average molecular weight is 639 g/mol. The van der Waals surface area contributed by atoms with Crippen molar-refractivity contribution in [1.29, 1.82) is 0 Å². The lowest BCUT2D eigenvalue weighted by atomic mass is 9.97. The van der Waals surface area contributed by atoms with Crippen molar-refractivity contribution < 1.29 is 29.3 Å². The maximum Gasteiger partial charge on any atom is 0.301 e. The number of hydrogen-bond donors (Lipinski definition) is 2. The number of rotatable bonds is 11. The Hall–Kier alpha value is -7.37. The molecule has 5 aromatic rings. The number of ketones is 1. The molecule has 0 saturated heterocycles. The van der Waals surface area contributed by atoms with Crippen LogP contribution in [0.25, 0.3) is 16.9 Å². The Bertz CT molecular complexity index is 2100. The number of nitro groups is 4. The topological polar surface area (TPSA) is 249 Å². The van der Waals surface area contributed by atoms with E-state index in [0.717, 1.165) is 28.9 Å². The van der Waals surface area contributed by atoms with Gasteiger partial charge in [0.05, 0.1) is 43.1 Å². The van der Waals surface area contributed by atoms with Gasteiger partial charge in [-0.05, 0) is 12.1 Å². The molecular formula is C29H18N8O10. The van der Waals surface area contributed by atoms with E-state index in [1.165, 1.54) is 12.1 Å². The highest BCUT2D eigenvalue weighted by Gasteiger charge is 2.33. The second-order valence-corrected chi connectivity index (χ2v) is 9.53. The van der Waals surface area contributed by atoms with Crippen LogP contribution in [-0.4, -0.2) is 41.2 Å². The van der Waals surface area contributed by atoms with Gasteiger partial charge in [-0.15, -0.1) is 0 Å². The predicted octanol–water partition coefficient (Wildman–Crippen LogP) is 5.16. The lowest BCUT2D eigenvalue weighted by Gasteiger charge is -2.11. The SMILES string of the molecule is O=C(NNc1ccc([N+](=O)[O-])cc1[N+](=O)[O-])c1nn(-c2ccc([N+](=O)[O-])cc2[N+](=O)[O-])c(-c2ccccc2)c1C(=O)c1ccccc1. The molecule has 0 unspecified atom stereocenters. The summed E-state index contributed by atoms with van der Waals surface area (Å²) < 4.78 is 0.941. The van der Waals surface area contributed by atoms with E-state index in [1.54, 1.807) is 48.5 Å². The molecule has 1 heterocycles. The van der Waals surface area contributed by atoms with Gasteiger partial charge in [0, 0.05) is 23.3 Å². The molecule has 1 aromatic heterocycles. The third-order valence-corrected chi connectivity index (χ3v) is 6.70. The Labute approximate surface area is 261 Å². The Morgan fingerprint density at radius 1 is 0.660 bits per heavy atom. The minimum atomic E-state index is -1.13. The third kappa shape index (κ3) is 6.17. The monoisotopic (exact) mass is 638 g/mol. The van der Waals surface area contributed by atoms with Gasteiger partial charge in [-0.3, -0.25) is 60.9 Å². The maximum atomic E-state index is 14.1. The number of nitrogens with one attached hydrogen (secondary N) is 2. The molecule has 0 fully saturated rings. The van der Waals surface area contributed by atoms with Crippen molar-refractivity contribution in [3.63, 3.8) is 0 Å². The van der Waals surface area contributed by atoms with E-state index in [9.17, 15) is 50.0 Å². The largest absolute Gasteiger partial charge is 0.301 e. The smallest absolute Gasteiger partial charge is 0.292 e. The minimum absolute atomic E-state index is 0.0807. The zero-order valence-corrected chi connectivity index (χ0v) is 23.5. The fourth-order valence-corrected chi connectivity index (χ4v) is 4.59. The van der Waals surface area contributed by atoms with Crippen molar-refractivity contribution in [2.75, 3.05) is 5.43 Å².